The lowest BCUT2D eigenvalue weighted by atomic mass is 10.1. The molecule has 0 saturated carbocycles. The summed E-state index contributed by atoms with van der Waals surface area (Å²) in [6, 6.07) is 4.84. The maximum Gasteiger partial charge on any atom is 0.124 e. The molecule has 0 unspecified atom stereocenters. The molecule has 15 heavy (non-hydrogen) atoms. The normalized spacial score (nSPS) is 10.8. The highest BCUT2D eigenvalue weighted by Gasteiger charge is 2.06. The number of ether oxygens (including phenoxy) is 1. The van der Waals surface area contributed by atoms with Crippen molar-refractivity contribution in [3.8, 4) is 5.75 Å². The Morgan fingerprint density at radius 1 is 1.27 bits per heavy atom. The van der Waals surface area contributed by atoms with Crippen molar-refractivity contribution in [3.05, 3.63) is 28.8 Å². The van der Waals surface area contributed by atoms with E-state index in [1.807, 2.05) is 7.05 Å². The molecule has 0 fully saturated rings. The van der Waals surface area contributed by atoms with E-state index in [0.29, 0.717) is 6.00 Å². The first-order valence-electron chi connectivity index (χ1n) is 4.97. The Morgan fingerprint density at radius 3 is 2.20 bits per heavy atom. The predicted molar refractivity (Wildman–Crippen MR) is 64.7 cm³/mol. The Morgan fingerprint density at radius 2 is 1.80 bits per heavy atom. The second-order valence-corrected chi connectivity index (χ2v) is 4.14. The van der Waals surface area contributed by atoms with Gasteiger partial charge in [-0.2, -0.15) is 0 Å². The number of methoxy groups -OCH3 is 1. The molecule has 0 bridgehead atoms. The quantitative estimate of drug-likeness (QED) is 0.579. The molecule has 0 aromatic heterocycles. The van der Waals surface area contributed by atoms with Crippen LogP contribution in [0.2, 0.25) is 0 Å². The Labute approximate surface area is 96.8 Å². The van der Waals surface area contributed by atoms with Crippen LogP contribution in [0.3, 0.4) is 0 Å². The maximum absolute atomic E-state index is 5.74. The van der Waals surface area contributed by atoms with Gasteiger partial charge in [0.1, 0.15) is 5.75 Å². The number of benzene rings is 1. The lowest BCUT2D eigenvalue weighted by Crippen LogP contribution is -2.15. The molecule has 0 radical (unpaired) electrons. The van der Waals surface area contributed by atoms with Crippen LogP contribution in [0.4, 0.5) is 0 Å². The van der Waals surface area contributed by atoms with Gasteiger partial charge in [-0.3, -0.25) is 4.90 Å². The average Bonchev–Trinajstić information content (AvgIpc) is 2.17. The summed E-state index contributed by atoms with van der Waals surface area (Å²) in [6.45, 7) is 5.00. The Kier molecular flexibility index (Phi) is 4.43. The molecule has 1 rings (SSSR count). The zero-order valence-corrected chi connectivity index (χ0v) is 10.6. The van der Waals surface area contributed by atoms with Crippen LogP contribution in [0, 0.1) is 13.8 Å². The van der Waals surface area contributed by atoms with E-state index in [9.17, 15) is 0 Å². The zero-order valence-electron chi connectivity index (χ0n) is 9.80. The van der Waals surface area contributed by atoms with E-state index < -0.39 is 0 Å². The summed E-state index contributed by atoms with van der Waals surface area (Å²) in [5.74, 6) is 0.979. The first kappa shape index (κ1) is 12.3. The number of rotatable bonds is 4. The van der Waals surface area contributed by atoms with E-state index in [4.69, 9.17) is 16.3 Å². The lowest BCUT2D eigenvalue weighted by molar-refractivity contribution is 0.380. The van der Waals surface area contributed by atoms with Gasteiger partial charge in [0.05, 0.1) is 13.1 Å². The zero-order chi connectivity index (χ0) is 11.4. The van der Waals surface area contributed by atoms with Crippen molar-refractivity contribution in [2.24, 2.45) is 0 Å². The minimum absolute atomic E-state index is 0.546. The highest BCUT2D eigenvalue weighted by molar-refractivity contribution is 6.17. The summed E-state index contributed by atoms with van der Waals surface area (Å²) in [5, 5.41) is 0. The summed E-state index contributed by atoms with van der Waals surface area (Å²) in [6.07, 6.45) is 0. The van der Waals surface area contributed by atoms with Crippen molar-refractivity contribution >= 4 is 11.6 Å². The molecule has 0 amide bonds. The highest BCUT2D eigenvalue weighted by atomic mass is 35.5. The number of alkyl halides is 1. The minimum Gasteiger partial charge on any atom is -0.496 e. The molecule has 2 nitrogen and oxygen atoms in total. The molecule has 0 atom stereocenters. The van der Waals surface area contributed by atoms with E-state index in [1.54, 1.807) is 7.11 Å². The van der Waals surface area contributed by atoms with E-state index >= 15 is 0 Å². The maximum atomic E-state index is 5.74. The van der Waals surface area contributed by atoms with Gasteiger partial charge in [0.2, 0.25) is 0 Å². The average molecular weight is 228 g/mol. The van der Waals surface area contributed by atoms with Crippen molar-refractivity contribution in [1.29, 1.82) is 0 Å². The van der Waals surface area contributed by atoms with Gasteiger partial charge in [0.15, 0.2) is 0 Å². The van der Waals surface area contributed by atoms with Gasteiger partial charge in [-0.25, -0.2) is 0 Å². The van der Waals surface area contributed by atoms with Gasteiger partial charge in [-0.15, -0.1) is 11.6 Å². The SMILES string of the molecule is COc1c(C)cc(CN(C)CCl)cc1C. The first-order valence-corrected chi connectivity index (χ1v) is 5.50. The smallest absolute Gasteiger partial charge is 0.124 e. The van der Waals surface area contributed by atoms with Crippen molar-refractivity contribution < 1.29 is 4.74 Å². The van der Waals surface area contributed by atoms with E-state index in [0.717, 1.165) is 12.3 Å². The summed E-state index contributed by atoms with van der Waals surface area (Å²) in [5.41, 5.74) is 3.62. The van der Waals surface area contributed by atoms with E-state index in [1.165, 1.54) is 16.7 Å². The molecule has 0 N–H and O–H groups in total. The Bertz CT molecular complexity index is 315. The van der Waals surface area contributed by atoms with Crippen LogP contribution in [0.15, 0.2) is 12.1 Å². The summed E-state index contributed by atoms with van der Waals surface area (Å²) >= 11 is 5.74. The third kappa shape index (κ3) is 3.11. The summed E-state index contributed by atoms with van der Waals surface area (Å²) in [7, 11) is 3.71. The van der Waals surface area contributed by atoms with Gasteiger partial charge in [-0.05, 0) is 37.6 Å². The van der Waals surface area contributed by atoms with Crippen LogP contribution in [-0.4, -0.2) is 25.1 Å². The van der Waals surface area contributed by atoms with Crippen LogP contribution in [0.25, 0.3) is 0 Å². The lowest BCUT2D eigenvalue weighted by Gasteiger charge is -2.15. The Balaban J connectivity index is 2.93. The van der Waals surface area contributed by atoms with Crippen molar-refractivity contribution in [1.82, 2.24) is 4.90 Å². The number of nitrogens with zero attached hydrogens (tertiary/aromatic N) is 1. The van der Waals surface area contributed by atoms with Crippen LogP contribution < -0.4 is 4.74 Å². The standard InChI is InChI=1S/C12H18ClNO/c1-9-5-11(7-14(3)8-13)6-10(2)12(9)15-4/h5-6H,7-8H2,1-4H3. The molecular formula is C12H18ClNO. The van der Waals surface area contributed by atoms with Crippen molar-refractivity contribution in [2.75, 3.05) is 20.2 Å². The van der Waals surface area contributed by atoms with Gasteiger partial charge in [0.25, 0.3) is 0 Å². The fraction of sp³-hybridized carbons (Fsp3) is 0.500. The van der Waals surface area contributed by atoms with Crippen LogP contribution >= 0.6 is 11.6 Å². The fourth-order valence-electron chi connectivity index (χ4n) is 1.81. The molecule has 0 aliphatic carbocycles. The highest BCUT2D eigenvalue weighted by Crippen LogP contribution is 2.24. The molecule has 0 heterocycles. The van der Waals surface area contributed by atoms with Gasteiger partial charge >= 0.3 is 0 Å². The molecule has 0 aliphatic heterocycles. The number of halogens is 1. The monoisotopic (exact) mass is 227 g/mol. The minimum atomic E-state index is 0.546. The Hall–Kier alpha value is -0.730. The van der Waals surface area contributed by atoms with Crippen LogP contribution in [-0.2, 0) is 6.54 Å². The van der Waals surface area contributed by atoms with Gasteiger partial charge in [-0.1, -0.05) is 12.1 Å². The van der Waals surface area contributed by atoms with E-state index in [2.05, 4.69) is 30.9 Å². The van der Waals surface area contributed by atoms with Crippen molar-refractivity contribution in [3.63, 3.8) is 0 Å². The molecule has 0 spiro atoms. The van der Waals surface area contributed by atoms with Crippen molar-refractivity contribution in [2.45, 2.75) is 20.4 Å². The van der Waals surface area contributed by atoms with Crippen LogP contribution in [0.1, 0.15) is 16.7 Å². The molecule has 0 aliphatic rings. The largest absolute Gasteiger partial charge is 0.496 e. The number of hydrogen-bond acceptors (Lipinski definition) is 2. The third-order valence-electron chi connectivity index (χ3n) is 2.38. The second-order valence-electron chi connectivity index (χ2n) is 3.90. The van der Waals surface area contributed by atoms with Crippen LogP contribution in [0.5, 0.6) is 5.75 Å². The molecule has 84 valence electrons. The molecule has 0 saturated heterocycles. The summed E-state index contributed by atoms with van der Waals surface area (Å²) in [4.78, 5) is 2.06. The fourth-order valence-corrected chi connectivity index (χ4v) is 1.89. The molecular weight excluding hydrogens is 210 g/mol. The molecule has 1 aromatic rings. The first-order chi connectivity index (χ1) is 7.08. The van der Waals surface area contributed by atoms with E-state index in [-0.39, 0.29) is 0 Å². The number of aryl methyl sites for hydroxylation is 2. The molecule has 3 heteroatoms. The number of hydrogen-bond donors (Lipinski definition) is 0. The van der Waals surface area contributed by atoms with Gasteiger partial charge < -0.3 is 4.74 Å². The molecule has 1 aromatic carbocycles. The summed E-state index contributed by atoms with van der Waals surface area (Å²) < 4.78 is 5.32. The van der Waals surface area contributed by atoms with Gasteiger partial charge in [0, 0.05) is 6.54 Å². The topological polar surface area (TPSA) is 12.5 Å². The third-order valence-corrected chi connectivity index (χ3v) is 2.79. The predicted octanol–water partition coefficient (Wildman–Crippen LogP) is 2.94. The second kappa shape index (κ2) is 5.38.